The molecule has 10 heteroatoms. The summed E-state index contributed by atoms with van der Waals surface area (Å²) in [6, 6.07) is 4.53. The molecule has 1 amide bonds. The lowest BCUT2D eigenvalue weighted by molar-refractivity contribution is -0.0149. The van der Waals surface area contributed by atoms with Crippen LogP contribution in [0, 0.1) is 0 Å². The van der Waals surface area contributed by atoms with Gasteiger partial charge in [-0.15, -0.1) is 0 Å². The first-order valence-corrected chi connectivity index (χ1v) is 9.89. The molecule has 0 bridgehead atoms. The van der Waals surface area contributed by atoms with Crippen molar-refractivity contribution >= 4 is 11.6 Å². The van der Waals surface area contributed by atoms with Crippen molar-refractivity contribution in [1.29, 1.82) is 0 Å². The van der Waals surface area contributed by atoms with E-state index in [4.69, 9.17) is 9.15 Å². The van der Waals surface area contributed by atoms with Crippen LogP contribution in [0.1, 0.15) is 29.4 Å². The van der Waals surface area contributed by atoms with Crippen LogP contribution in [-0.2, 0) is 10.7 Å². The van der Waals surface area contributed by atoms with Crippen LogP contribution in [0.5, 0.6) is 0 Å². The Bertz CT molecular complexity index is 1010. The summed E-state index contributed by atoms with van der Waals surface area (Å²) in [5.74, 6) is -3.21. The predicted octanol–water partition coefficient (Wildman–Crippen LogP) is 2.55. The molecular weight excluding hydrogens is 396 g/mol. The lowest BCUT2D eigenvalue weighted by atomic mass is 10.1. The van der Waals surface area contributed by atoms with Gasteiger partial charge in [0.05, 0.1) is 25.7 Å². The summed E-state index contributed by atoms with van der Waals surface area (Å²) in [6.07, 6.45) is 2.30. The molecule has 1 aliphatic rings. The molecule has 1 saturated heterocycles. The molecular formula is C20H23F2N5O3. The molecule has 1 aliphatic heterocycles. The van der Waals surface area contributed by atoms with E-state index in [1.54, 1.807) is 12.1 Å². The minimum absolute atomic E-state index is 0.0656. The molecule has 0 aromatic carbocycles. The number of carbonyl (C=O) groups is 1. The Balaban J connectivity index is 1.62. The first kappa shape index (κ1) is 20.4. The number of furan rings is 1. The highest BCUT2D eigenvalue weighted by Gasteiger charge is 2.34. The highest BCUT2D eigenvalue weighted by Crippen LogP contribution is 2.34. The summed E-state index contributed by atoms with van der Waals surface area (Å²) in [7, 11) is 0. The van der Waals surface area contributed by atoms with E-state index < -0.39 is 18.3 Å². The number of nitrogens with one attached hydrogen (secondary N) is 1. The number of hydrogen-bond donors (Lipinski definition) is 1. The van der Waals surface area contributed by atoms with Gasteiger partial charge in [-0.3, -0.25) is 9.69 Å². The van der Waals surface area contributed by atoms with Crippen LogP contribution in [-0.4, -0.2) is 64.8 Å². The fraction of sp³-hybridized carbons (Fsp3) is 0.450. The highest BCUT2D eigenvalue weighted by atomic mass is 19.3. The van der Waals surface area contributed by atoms with Crippen LogP contribution in [0.15, 0.2) is 35.1 Å². The van der Waals surface area contributed by atoms with E-state index in [1.165, 1.54) is 25.5 Å². The van der Waals surface area contributed by atoms with Gasteiger partial charge in [0.25, 0.3) is 11.8 Å². The van der Waals surface area contributed by atoms with Crippen LogP contribution in [0.2, 0.25) is 0 Å². The fourth-order valence-corrected chi connectivity index (χ4v) is 3.36. The molecule has 8 nitrogen and oxygen atoms in total. The number of morpholine rings is 1. The van der Waals surface area contributed by atoms with Gasteiger partial charge in [0.2, 0.25) is 0 Å². The van der Waals surface area contributed by atoms with Gasteiger partial charge in [0.15, 0.2) is 11.4 Å². The quantitative estimate of drug-likeness (QED) is 0.634. The Labute approximate surface area is 171 Å². The van der Waals surface area contributed by atoms with E-state index in [1.807, 2.05) is 0 Å². The second-order valence-corrected chi connectivity index (χ2v) is 7.07. The second-order valence-electron chi connectivity index (χ2n) is 7.07. The molecule has 0 aliphatic carbocycles. The number of nitrogens with zero attached hydrogens (tertiary/aromatic N) is 4. The third-order valence-electron chi connectivity index (χ3n) is 5.13. The Hall–Kier alpha value is -2.85. The van der Waals surface area contributed by atoms with Crippen LogP contribution >= 0.6 is 0 Å². The zero-order valence-electron chi connectivity index (χ0n) is 16.6. The average molecular weight is 419 g/mol. The van der Waals surface area contributed by atoms with Crippen molar-refractivity contribution < 1.29 is 22.7 Å². The van der Waals surface area contributed by atoms with E-state index in [2.05, 4.69) is 20.3 Å². The predicted molar refractivity (Wildman–Crippen MR) is 104 cm³/mol. The number of amides is 1. The number of rotatable bonds is 7. The highest BCUT2D eigenvalue weighted by molar-refractivity contribution is 5.99. The molecule has 4 rings (SSSR count). The topological polar surface area (TPSA) is 84.9 Å². The number of carbonyl (C=O) groups excluding carboxylic acids is 1. The van der Waals surface area contributed by atoms with Crippen molar-refractivity contribution in [2.75, 3.05) is 39.4 Å². The van der Waals surface area contributed by atoms with Crippen molar-refractivity contribution in [3.8, 4) is 11.5 Å². The molecule has 0 unspecified atom stereocenters. The molecule has 30 heavy (non-hydrogen) atoms. The van der Waals surface area contributed by atoms with Crippen molar-refractivity contribution in [2.45, 2.75) is 19.3 Å². The van der Waals surface area contributed by atoms with Gasteiger partial charge in [-0.05, 0) is 18.2 Å². The van der Waals surface area contributed by atoms with Gasteiger partial charge in [-0.2, -0.15) is 13.9 Å². The van der Waals surface area contributed by atoms with E-state index in [0.717, 1.165) is 17.6 Å². The van der Waals surface area contributed by atoms with Gasteiger partial charge in [0.1, 0.15) is 17.0 Å². The van der Waals surface area contributed by atoms with Gasteiger partial charge < -0.3 is 14.5 Å². The summed E-state index contributed by atoms with van der Waals surface area (Å²) < 4.78 is 40.9. The smallest absolute Gasteiger partial charge is 0.289 e. The SMILES string of the molecule is CCC(F)(F)c1cc(-c2ccco2)nc2c(C(=O)NCCN3CCOCC3)cnn12. The molecule has 0 spiro atoms. The summed E-state index contributed by atoms with van der Waals surface area (Å²) in [4.78, 5) is 19.3. The molecule has 3 aromatic rings. The Morgan fingerprint density at radius 2 is 2.13 bits per heavy atom. The zero-order chi connectivity index (χ0) is 21.1. The first-order chi connectivity index (χ1) is 14.5. The van der Waals surface area contributed by atoms with Gasteiger partial charge >= 0.3 is 0 Å². The van der Waals surface area contributed by atoms with Crippen LogP contribution < -0.4 is 5.32 Å². The maximum Gasteiger partial charge on any atom is 0.289 e. The number of ether oxygens (including phenoxy) is 1. The lowest BCUT2D eigenvalue weighted by Crippen LogP contribution is -2.41. The Morgan fingerprint density at radius 3 is 2.83 bits per heavy atom. The monoisotopic (exact) mass is 419 g/mol. The van der Waals surface area contributed by atoms with Crippen molar-refractivity contribution in [1.82, 2.24) is 24.8 Å². The van der Waals surface area contributed by atoms with Crippen molar-refractivity contribution in [2.24, 2.45) is 0 Å². The largest absolute Gasteiger partial charge is 0.463 e. The van der Waals surface area contributed by atoms with Crippen LogP contribution in [0.3, 0.4) is 0 Å². The first-order valence-electron chi connectivity index (χ1n) is 9.89. The summed E-state index contributed by atoms with van der Waals surface area (Å²) in [6.45, 7) is 5.48. The molecule has 3 aromatic heterocycles. The molecule has 0 radical (unpaired) electrons. The minimum atomic E-state index is -3.14. The normalized spacial score (nSPS) is 15.6. The zero-order valence-corrected chi connectivity index (χ0v) is 16.6. The third-order valence-corrected chi connectivity index (χ3v) is 5.13. The summed E-state index contributed by atoms with van der Waals surface area (Å²) >= 11 is 0. The van der Waals surface area contributed by atoms with E-state index in [9.17, 15) is 13.6 Å². The maximum absolute atomic E-state index is 14.6. The Kier molecular flexibility index (Phi) is 5.78. The summed E-state index contributed by atoms with van der Waals surface area (Å²) in [5, 5.41) is 6.86. The standard InChI is InChI=1S/C20H23F2N5O3/c1-2-20(21,22)17-12-15(16-4-3-9-30-16)25-18-14(13-24-27(17)18)19(28)23-5-6-26-7-10-29-11-8-26/h3-4,9,12-13H,2,5-8,10-11H2,1H3,(H,23,28). The van der Waals surface area contributed by atoms with E-state index in [-0.39, 0.29) is 22.6 Å². The average Bonchev–Trinajstić information content (AvgIpc) is 3.43. The molecule has 0 saturated carbocycles. The van der Waals surface area contributed by atoms with Gasteiger partial charge in [0, 0.05) is 32.6 Å². The number of alkyl halides is 2. The maximum atomic E-state index is 14.6. The second kappa shape index (κ2) is 8.49. The van der Waals surface area contributed by atoms with Crippen molar-refractivity contribution in [3.05, 3.63) is 41.9 Å². The van der Waals surface area contributed by atoms with Gasteiger partial charge in [-0.1, -0.05) is 6.92 Å². The van der Waals surface area contributed by atoms with Crippen LogP contribution in [0.4, 0.5) is 8.78 Å². The fourth-order valence-electron chi connectivity index (χ4n) is 3.36. The Morgan fingerprint density at radius 1 is 1.33 bits per heavy atom. The number of fused-ring (bicyclic) bond motifs is 1. The third kappa shape index (κ3) is 4.05. The summed E-state index contributed by atoms with van der Waals surface area (Å²) in [5.41, 5.74) is 0.0849. The molecule has 160 valence electrons. The van der Waals surface area contributed by atoms with Gasteiger partial charge in [-0.25, -0.2) is 9.50 Å². The molecule has 1 N–H and O–H groups in total. The number of aromatic nitrogens is 3. The van der Waals surface area contributed by atoms with Crippen LogP contribution in [0.25, 0.3) is 17.1 Å². The minimum Gasteiger partial charge on any atom is -0.463 e. The molecule has 0 atom stereocenters. The lowest BCUT2D eigenvalue weighted by Gasteiger charge is -2.26. The molecule has 4 heterocycles. The number of halogens is 2. The molecule has 1 fully saturated rings. The van der Waals surface area contributed by atoms with E-state index in [0.29, 0.717) is 32.1 Å². The number of hydrogen-bond acceptors (Lipinski definition) is 6. The van der Waals surface area contributed by atoms with E-state index >= 15 is 0 Å². The van der Waals surface area contributed by atoms with Crippen molar-refractivity contribution in [3.63, 3.8) is 0 Å².